The van der Waals surface area contributed by atoms with Crippen LogP contribution in [0.4, 0.5) is 4.39 Å². The largest absolute Gasteiger partial charge is 0.360 e. The van der Waals surface area contributed by atoms with Crippen LogP contribution in [0.15, 0.2) is 97.5 Å². The molecule has 174 valence electrons. The minimum atomic E-state index is -0.492. The molecule has 5 aromatic rings. The summed E-state index contributed by atoms with van der Waals surface area (Å²) < 4.78 is 13.2. The zero-order chi connectivity index (χ0) is 24.2. The predicted molar refractivity (Wildman–Crippen MR) is 138 cm³/mol. The summed E-state index contributed by atoms with van der Waals surface area (Å²) in [5.41, 5.74) is 6.74. The average molecular weight is 464 g/mol. The first kappa shape index (κ1) is 22.7. The van der Waals surface area contributed by atoms with Crippen LogP contribution < -0.4 is 5.32 Å². The summed E-state index contributed by atoms with van der Waals surface area (Å²) in [5, 5.41) is 4.34. The van der Waals surface area contributed by atoms with Crippen LogP contribution in [0.3, 0.4) is 0 Å². The van der Waals surface area contributed by atoms with E-state index in [-0.39, 0.29) is 11.6 Å². The van der Waals surface area contributed by atoms with Gasteiger partial charge in [0.05, 0.1) is 6.04 Å². The van der Waals surface area contributed by atoms with E-state index in [1.54, 1.807) is 18.3 Å². The molecule has 2 heterocycles. The number of nitrogens with zero attached hydrogens (tertiary/aromatic N) is 1. The molecule has 4 nitrogen and oxygen atoms in total. The zero-order valence-electron chi connectivity index (χ0n) is 19.5. The van der Waals surface area contributed by atoms with Gasteiger partial charge in [0.2, 0.25) is 0 Å². The fourth-order valence-electron chi connectivity index (χ4n) is 4.56. The third-order valence-electron chi connectivity index (χ3n) is 6.42. The van der Waals surface area contributed by atoms with Crippen molar-refractivity contribution in [3.63, 3.8) is 0 Å². The van der Waals surface area contributed by atoms with Gasteiger partial charge in [-0.25, -0.2) is 4.39 Å². The number of halogens is 1. The lowest BCUT2D eigenvalue weighted by Gasteiger charge is -2.18. The zero-order valence-corrected chi connectivity index (χ0v) is 19.5. The quantitative estimate of drug-likeness (QED) is 0.261. The van der Waals surface area contributed by atoms with Gasteiger partial charge in [0, 0.05) is 47.2 Å². The SMILES string of the molecule is Cc1c(-c2cccnc2)ccc2c(C(=O)[C@@H](NCCc3ccc(F)cc3)c3ccccc3)c[nH]c12. The van der Waals surface area contributed by atoms with Crippen LogP contribution >= 0.6 is 0 Å². The summed E-state index contributed by atoms with van der Waals surface area (Å²) in [6, 6.07) is 23.8. The monoisotopic (exact) mass is 463 g/mol. The number of carbonyl (C=O) groups is 1. The number of pyridine rings is 1. The molecule has 0 bridgehead atoms. The van der Waals surface area contributed by atoms with Crippen molar-refractivity contribution in [2.75, 3.05) is 6.54 Å². The van der Waals surface area contributed by atoms with E-state index in [2.05, 4.69) is 28.3 Å². The number of aromatic amines is 1. The van der Waals surface area contributed by atoms with Gasteiger partial charge in [-0.05, 0) is 53.8 Å². The van der Waals surface area contributed by atoms with Gasteiger partial charge in [0.25, 0.3) is 0 Å². The highest BCUT2D eigenvalue weighted by molar-refractivity contribution is 6.11. The van der Waals surface area contributed by atoms with Crippen LogP contribution in [-0.2, 0) is 6.42 Å². The number of rotatable bonds is 8. The summed E-state index contributed by atoms with van der Waals surface area (Å²) in [7, 11) is 0. The summed E-state index contributed by atoms with van der Waals surface area (Å²) in [5.74, 6) is -0.240. The highest BCUT2D eigenvalue weighted by atomic mass is 19.1. The van der Waals surface area contributed by atoms with Gasteiger partial charge in [-0.1, -0.05) is 60.7 Å². The van der Waals surface area contributed by atoms with E-state index in [4.69, 9.17) is 0 Å². The molecule has 0 unspecified atom stereocenters. The summed E-state index contributed by atoms with van der Waals surface area (Å²) in [6.07, 6.45) is 6.11. The van der Waals surface area contributed by atoms with Crippen LogP contribution in [0.1, 0.15) is 33.1 Å². The molecule has 5 heteroatoms. The highest BCUT2D eigenvalue weighted by Gasteiger charge is 2.24. The van der Waals surface area contributed by atoms with Crippen molar-refractivity contribution >= 4 is 16.7 Å². The van der Waals surface area contributed by atoms with E-state index in [1.165, 1.54) is 12.1 Å². The van der Waals surface area contributed by atoms with Crippen molar-refractivity contribution in [1.82, 2.24) is 15.3 Å². The lowest BCUT2D eigenvalue weighted by molar-refractivity contribution is 0.0945. The first-order valence-corrected chi connectivity index (χ1v) is 11.7. The molecule has 0 spiro atoms. The maximum Gasteiger partial charge on any atom is 0.186 e. The number of Topliss-reactive ketones (excluding diaryl/α,β-unsaturated/α-hetero) is 1. The molecule has 0 fully saturated rings. The van der Waals surface area contributed by atoms with E-state index in [0.29, 0.717) is 18.5 Å². The van der Waals surface area contributed by atoms with E-state index in [9.17, 15) is 9.18 Å². The lowest BCUT2D eigenvalue weighted by atomic mass is 9.94. The Hall–Kier alpha value is -4.09. The topological polar surface area (TPSA) is 57.8 Å². The standard InChI is InChI=1S/C30H26FN3O/c1-20-25(23-8-5-16-32-18-23)13-14-26-27(19-34-28(20)26)30(35)29(22-6-3-2-4-7-22)33-17-15-21-9-11-24(31)12-10-21/h2-14,16,18-19,29,33-34H,15,17H2,1H3/t29-/m0/s1. The minimum absolute atomic E-state index is 0.00934. The third-order valence-corrected chi connectivity index (χ3v) is 6.42. The fourth-order valence-corrected chi connectivity index (χ4v) is 4.56. The first-order chi connectivity index (χ1) is 17.1. The van der Waals surface area contributed by atoms with Crippen molar-refractivity contribution in [2.45, 2.75) is 19.4 Å². The van der Waals surface area contributed by atoms with Gasteiger partial charge < -0.3 is 10.3 Å². The van der Waals surface area contributed by atoms with E-state index >= 15 is 0 Å². The van der Waals surface area contributed by atoms with Gasteiger partial charge in [-0.2, -0.15) is 0 Å². The lowest BCUT2D eigenvalue weighted by Crippen LogP contribution is -2.30. The molecular weight excluding hydrogens is 437 g/mol. The van der Waals surface area contributed by atoms with Gasteiger partial charge in [0.1, 0.15) is 5.82 Å². The Morgan fingerprint density at radius 3 is 2.54 bits per heavy atom. The highest BCUT2D eigenvalue weighted by Crippen LogP contribution is 2.32. The molecule has 35 heavy (non-hydrogen) atoms. The van der Waals surface area contributed by atoms with Gasteiger partial charge in [0.15, 0.2) is 5.78 Å². The molecule has 2 aromatic heterocycles. The molecular formula is C30H26FN3O. The second-order valence-electron chi connectivity index (χ2n) is 8.64. The molecule has 5 rings (SSSR count). The predicted octanol–water partition coefficient (Wildman–Crippen LogP) is 6.43. The summed E-state index contributed by atoms with van der Waals surface area (Å²) in [4.78, 5) is 21.4. The molecule has 2 N–H and O–H groups in total. The summed E-state index contributed by atoms with van der Waals surface area (Å²) in [6.45, 7) is 2.65. The molecule has 1 atom stereocenters. The third kappa shape index (κ3) is 4.77. The number of ketones is 1. The Bertz CT molecular complexity index is 1440. The maximum atomic E-state index is 13.8. The number of hydrogen-bond donors (Lipinski definition) is 2. The Balaban J connectivity index is 1.44. The number of H-pyrrole nitrogens is 1. The van der Waals surface area contributed by atoms with Crippen molar-refractivity contribution in [1.29, 1.82) is 0 Å². The molecule has 0 aliphatic carbocycles. The number of aromatic nitrogens is 2. The van der Waals surface area contributed by atoms with E-state index < -0.39 is 6.04 Å². The molecule has 0 saturated heterocycles. The average Bonchev–Trinajstić information content (AvgIpc) is 3.34. The number of fused-ring (bicyclic) bond motifs is 1. The molecule has 3 aromatic carbocycles. The van der Waals surface area contributed by atoms with E-state index in [0.717, 1.165) is 38.7 Å². The van der Waals surface area contributed by atoms with Crippen molar-refractivity contribution in [3.8, 4) is 11.1 Å². The Morgan fingerprint density at radius 2 is 1.80 bits per heavy atom. The number of aryl methyl sites for hydroxylation is 1. The maximum absolute atomic E-state index is 13.8. The van der Waals surface area contributed by atoms with Crippen molar-refractivity contribution in [3.05, 3.63) is 126 Å². The first-order valence-electron chi connectivity index (χ1n) is 11.7. The fraction of sp³-hybridized carbons (Fsp3) is 0.133. The molecule has 0 amide bonds. The number of nitrogens with one attached hydrogen (secondary N) is 2. The molecule has 0 radical (unpaired) electrons. The smallest absolute Gasteiger partial charge is 0.186 e. The second-order valence-corrected chi connectivity index (χ2v) is 8.64. The van der Waals surface area contributed by atoms with Crippen LogP contribution in [0.25, 0.3) is 22.0 Å². The number of carbonyl (C=O) groups excluding carboxylic acids is 1. The number of hydrogen-bond acceptors (Lipinski definition) is 3. The van der Waals surface area contributed by atoms with Crippen molar-refractivity contribution < 1.29 is 9.18 Å². The van der Waals surface area contributed by atoms with Crippen LogP contribution in [-0.4, -0.2) is 22.3 Å². The normalized spacial score (nSPS) is 12.1. The molecule has 0 aliphatic rings. The van der Waals surface area contributed by atoms with Crippen LogP contribution in [0, 0.1) is 12.7 Å². The van der Waals surface area contributed by atoms with Crippen molar-refractivity contribution in [2.24, 2.45) is 0 Å². The van der Waals surface area contributed by atoms with Gasteiger partial charge in [-0.3, -0.25) is 9.78 Å². The number of benzene rings is 3. The Kier molecular flexibility index (Phi) is 6.51. The van der Waals surface area contributed by atoms with Crippen LogP contribution in [0.2, 0.25) is 0 Å². The second kappa shape index (κ2) is 10.0. The van der Waals surface area contributed by atoms with Gasteiger partial charge >= 0.3 is 0 Å². The van der Waals surface area contributed by atoms with Gasteiger partial charge in [-0.15, -0.1) is 0 Å². The minimum Gasteiger partial charge on any atom is -0.360 e. The van der Waals surface area contributed by atoms with E-state index in [1.807, 2.05) is 60.9 Å². The Labute approximate surface area is 203 Å². The molecule has 0 saturated carbocycles. The molecule has 0 aliphatic heterocycles. The van der Waals surface area contributed by atoms with Crippen LogP contribution in [0.5, 0.6) is 0 Å². The summed E-state index contributed by atoms with van der Waals surface area (Å²) >= 11 is 0. The Morgan fingerprint density at radius 1 is 1.00 bits per heavy atom.